The molecule has 1 aliphatic heterocycles. The summed E-state index contributed by atoms with van der Waals surface area (Å²) in [6, 6.07) is 8.13. The zero-order chi connectivity index (χ0) is 17.6. The molecule has 0 radical (unpaired) electrons. The first-order valence-corrected chi connectivity index (χ1v) is 10.5. The Morgan fingerprint density at radius 3 is 2.80 bits per heavy atom. The van der Waals surface area contributed by atoms with Gasteiger partial charge in [-0.2, -0.15) is 0 Å². The van der Waals surface area contributed by atoms with Crippen LogP contribution in [0.2, 0.25) is 0 Å². The van der Waals surface area contributed by atoms with Crippen LogP contribution in [0.5, 0.6) is 0 Å². The Kier molecular flexibility index (Phi) is 4.43. The van der Waals surface area contributed by atoms with Gasteiger partial charge in [0.1, 0.15) is 11.4 Å². The van der Waals surface area contributed by atoms with Crippen molar-refractivity contribution < 1.29 is 4.90 Å². The number of rotatable bonds is 3. The molecule has 4 nitrogen and oxygen atoms in total. The van der Waals surface area contributed by atoms with Gasteiger partial charge in [-0.15, -0.1) is 11.3 Å². The highest BCUT2D eigenvalue weighted by Gasteiger charge is 2.26. The molecule has 0 aliphatic carbocycles. The van der Waals surface area contributed by atoms with E-state index in [0.717, 1.165) is 46.3 Å². The molecule has 0 fully saturated rings. The van der Waals surface area contributed by atoms with Crippen molar-refractivity contribution in [2.45, 2.75) is 32.0 Å². The Morgan fingerprint density at radius 2 is 2.08 bits per heavy atom. The van der Waals surface area contributed by atoms with Gasteiger partial charge in [0.25, 0.3) is 5.56 Å². The molecule has 0 saturated heterocycles. The maximum Gasteiger partial charge on any atom is 0.267 e. The van der Waals surface area contributed by atoms with Gasteiger partial charge >= 0.3 is 0 Å². The number of aryl methyl sites for hydroxylation is 1. The first-order valence-electron chi connectivity index (χ1n) is 8.67. The van der Waals surface area contributed by atoms with Crippen LogP contribution < -0.4 is 10.5 Å². The zero-order valence-corrected chi connectivity index (χ0v) is 16.4. The molecule has 0 amide bonds. The van der Waals surface area contributed by atoms with E-state index in [9.17, 15) is 4.79 Å². The summed E-state index contributed by atoms with van der Waals surface area (Å²) in [5.74, 6) is 0.891. The highest BCUT2D eigenvalue weighted by molar-refractivity contribution is 7.99. The number of nitrogens with zero attached hydrogens (tertiary/aromatic N) is 2. The van der Waals surface area contributed by atoms with Crippen molar-refractivity contribution >= 4 is 33.3 Å². The van der Waals surface area contributed by atoms with Crippen molar-refractivity contribution in [3.05, 3.63) is 50.6 Å². The second-order valence-electron chi connectivity index (χ2n) is 6.62. The molecule has 6 heteroatoms. The fourth-order valence-electron chi connectivity index (χ4n) is 3.39. The first-order chi connectivity index (χ1) is 12.1. The normalized spacial score (nSPS) is 17.0. The minimum atomic E-state index is 0.0851. The molecule has 25 heavy (non-hydrogen) atoms. The third-order valence-electron chi connectivity index (χ3n) is 4.71. The molecule has 3 aromatic rings. The van der Waals surface area contributed by atoms with Gasteiger partial charge in [0, 0.05) is 6.42 Å². The monoisotopic (exact) mass is 372 g/mol. The summed E-state index contributed by atoms with van der Waals surface area (Å²) < 4.78 is 1.80. The van der Waals surface area contributed by atoms with E-state index in [1.807, 2.05) is 24.3 Å². The highest BCUT2D eigenvalue weighted by atomic mass is 32.2. The number of thioether (sulfide) groups is 1. The van der Waals surface area contributed by atoms with Crippen LogP contribution in [0.4, 0.5) is 0 Å². The molecule has 1 unspecified atom stereocenters. The fourth-order valence-corrected chi connectivity index (χ4v) is 5.50. The van der Waals surface area contributed by atoms with E-state index in [1.54, 1.807) is 27.7 Å². The molecule has 1 atom stereocenters. The molecular formula is C19H22N3OS2+. The summed E-state index contributed by atoms with van der Waals surface area (Å²) in [5, 5.41) is 1.64. The van der Waals surface area contributed by atoms with Crippen LogP contribution in [0.1, 0.15) is 22.9 Å². The van der Waals surface area contributed by atoms with Crippen molar-refractivity contribution in [1.82, 2.24) is 9.55 Å². The van der Waals surface area contributed by atoms with E-state index >= 15 is 0 Å². The van der Waals surface area contributed by atoms with Crippen LogP contribution >= 0.6 is 23.1 Å². The predicted molar refractivity (Wildman–Crippen MR) is 106 cm³/mol. The fraction of sp³-hybridized carbons (Fsp3) is 0.368. The van der Waals surface area contributed by atoms with Gasteiger partial charge in [0.15, 0.2) is 5.16 Å². The minimum absolute atomic E-state index is 0.0851. The lowest BCUT2D eigenvalue weighted by Crippen LogP contribution is -3.08. The van der Waals surface area contributed by atoms with Gasteiger partial charge in [-0.05, 0) is 30.4 Å². The highest BCUT2D eigenvalue weighted by Crippen LogP contribution is 2.31. The summed E-state index contributed by atoms with van der Waals surface area (Å²) in [5.41, 5.74) is 3.41. The number of hydrogen-bond donors (Lipinski definition) is 1. The van der Waals surface area contributed by atoms with Crippen LogP contribution in [0.25, 0.3) is 15.9 Å². The summed E-state index contributed by atoms with van der Waals surface area (Å²) >= 11 is 3.34. The molecule has 1 aliphatic rings. The number of thiophene rings is 1. The summed E-state index contributed by atoms with van der Waals surface area (Å²) in [6.45, 7) is 6.23. The van der Waals surface area contributed by atoms with Gasteiger partial charge in [0.2, 0.25) is 0 Å². The van der Waals surface area contributed by atoms with Gasteiger partial charge in [-0.25, -0.2) is 4.98 Å². The molecule has 0 bridgehead atoms. The minimum Gasteiger partial charge on any atom is -0.333 e. The molecule has 2 aromatic heterocycles. The number of fused-ring (bicyclic) bond motifs is 3. The zero-order valence-electron chi connectivity index (χ0n) is 14.8. The molecule has 4 rings (SSSR count). The van der Waals surface area contributed by atoms with E-state index in [-0.39, 0.29) is 5.56 Å². The SMILES string of the molecule is CCSc1nc2sc3c(c2c(=O)n1-c1ccc(C)cc1)CC[NH+](C)C3. The predicted octanol–water partition coefficient (Wildman–Crippen LogP) is 2.44. The average Bonchev–Trinajstić information content (AvgIpc) is 2.94. The molecule has 0 saturated carbocycles. The number of aromatic nitrogens is 2. The first kappa shape index (κ1) is 16.8. The molecular weight excluding hydrogens is 350 g/mol. The van der Waals surface area contributed by atoms with Gasteiger partial charge in [0.05, 0.1) is 29.5 Å². The molecule has 3 heterocycles. The lowest BCUT2D eigenvalue weighted by molar-refractivity contribution is -0.895. The van der Waals surface area contributed by atoms with E-state index in [2.05, 4.69) is 20.9 Å². The van der Waals surface area contributed by atoms with Crippen LogP contribution in [0, 0.1) is 6.92 Å². The molecule has 1 N–H and O–H groups in total. The van der Waals surface area contributed by atoms with Crippen molar-refractivity contribution in [3.8, 4) is 5.69 Å². The Balaban J connectivity index is 2.00. The maximum absolute atomic E-state index is 13.4. The van der Waals surface area contributed by atoms with Gasteiger partial charge < -0.3 is 4.90 Å². The number of quaternary nitrogens is 1. The maximum atomic E-state index is 13.4. The third-order valence-corrected chi connectivity index (χ3v) is 6.65. The van der Waals surface area contributed by atoms with E-state index in [0.29, 0.717) is 0 Å². The summed E-state index contributed by atoms with van der Waals surface area (Å²) in [7, 11) is 2.21. The number of likely N-dealkylation sites (N-methyl/N-ethyl adjacent to an activating group) is 1. The van der Waals surface area contributed by atoms with E-state index in [4.69, 9.17) is 4.98 Å². The van der Waals surface area contributed by atoms with Crippen LogP contribution in [-0.4, -0.2) is 28.9 Å². The topological polar surface area (TPSA) is 39.3 Å². The Labute approximate surface area is 155 Å². The van der Waals surface area contributed by atoms with Crippen LogP contribution in [0.3, 0.4) is 0 Å². The lowest BCUT2D eigenvalue weighted by atomic mass is 10.1. The van der Waals surface area contributed by atoms with E-state index in [1.165, 1.54) is 20.9 Å². The summed E-state index contributed by atoms with van der Waals surface area (Å²) in [4.78, 5) is 22.1. The second kappa shape index (κ2) is 6.59. The average molecular weight is 373 g/mol. The van der Waals surface area contributed by atoms with Crippen molar-refractivity contribution in [3.63, 3.8) is 0 Å². The number of hydrogen-bond acceptors (Lipinski definition) is 4. The summed E-state index contributed by atoms with van der Waals surface area (Å²) in [6.07, 6.45) is 0.965. The smallest absolute Gasteiger partial charge is 0.267 e. The molecule has 1 aromatic carbocycles. The van der Waals surface area contributed by atoms with Crippen LogP contribution in [-0.2, 0) is 13.0 Å². The van der Waals surface area contributed by atoms with E-state index < -0.39 is 0 Å². The van der Waals surface area contributed by atoms with Gasteiger partial charge in [-0.1, -0.05) is 36.4 Å². The van der Waals surface area contributed by atoms with Crippen molar-refractivity contribution in [2.24, 2.45) is 0 Å². The van der Waals surface area contributed by atoms with Crippen LogP contribution in [0.15, 0.2) is 34.2 Å². The second-order valence-corrected chi connectivity index (χ2v) is 8.94. The van der Waals surface area contributed by atoms with Gasteiger partial charge in [-0.3, -0.25) is 9.36 Å². The number of nitrogens with one attached hydrogen (secondary N) is 1. The Hall–Kier alpha value is -1.63. The van der Waals surface area contributed by atoms with Crippen molar-refractivity contribution in [2.75, 3.05) is 19.3 Å². The quantitative estimate of drug-likeness (QED) is 0.567. The standard InChI is InChI=1S/C19H21N3OS2/c1-4-24-19-20-17-16(14-9-10-21(3)11-15(14)25-17)18(23)22(19)13-7-5-12(2)6-8-13/h5-8H,4,9-11H2,1-3H3/p+1. The molecule has 130 valence electrons. The Morgan fingerprint density at radius 1 is 1.32 bits per heavy atom. The molecule has 0 spiro atoms. The number of benzene rings is 1. The third kappa shape index (κ3) is 2.92. The largest absolute Gasteiger partial charge is 0.333 e. The lowest BCUT2D eigenvalue weighted by Gasteiger charge is -2.19. The van der Waals surface area contributed by atoms with Crippen molar-refractivity contribution in [1.29, 1.82) is 0 Å². The Bertz CT molecular complexity index is 989.